The van der Waals surface area contributed by atoms with Gasteiger partial charge in [-0.2, -0.15) is 0 Å². The van der Waals surface area contributed by atoms with Crippen molar-refractivity contribution in [3.05, 3.63) is 23.5 Å². The maximum atomic E-state index is 4.92. The second-order valence-electron chi connectivity index (χ2n) is 2.25. The molecule has 63 valence electrons. The molecule has 0 aromatic rings. The summed E-state index contributed by atoms with van der Waals surface area (Å²) in [7, 11) is 1.63. The van der Waals surface area contributed by atoms with Crippen molar-refractivity contribution in [3.8, 4) is 0 Å². The second-order valence-corrected chi connectivity index (χ2v) is 2.25. The first-order valence-corrected chi connectivity index (χ1v) is 4.27. The van der Waals surface area contributed by atoms with Gasteiger partial charge in [-0.1, -0.05) is 12.2 Å². The van der Waals surface area contributed by atoms with Crippen molar-refractivity contribution in [1.82, 2.24) is 0 Å². The first kappa shape index (κ1) is 13.3. The number of hydrogen-bond acceptors (Lipinski definition) is 1. The average molecular weight is 191 g/mol. The molecular weight excluding hydrogens is 175 g/mol. The summed E-state index contributed by atoms with van der Waals surface area (Å²) < 4.78 is 4.92. The van der Waals surface area contributed by atoms with Gasteiger partial charge < -0.3 is 4.74 Å². The molecule has 0 N–H and O–H groups in total. The number of hydrogen-bond donors (Lipinski definition) is 0. The van der Waals surface area contributed by atoms with E-state index >= 15 is 0 Å². The third kappa shape index (κ3) is 6.15. The fourth-order valence-electron chi connectivity index (χ4n) is 0.432. The molecule has 0 aliphatic heterocycles. The van der Waals surface area contributed by atoms with Crippen LogP contribution < -0.4 is 0 Å². The van der Waals surface area contributed by atoms with Crippen LogP contribution in [0.15, 0.2) is 23.5 Å². The van der Waals surface area contributed by atoms with Crippen LogP contribution in [0.5, 0.6) is 0 Å². The van der Waals surface area contributed by atoms with Gasteiger partial charge in [-0.15, -0.1) is 0 Å². The molecule has 0 aromatic heterocycles. The Morgan fingerprint density at radius 1 is 1.18 bits per heavy atom. The maximum absolute atomic E-state index is 4.92. The van der Waals surface area contributed by atoms with Gasteiger partial charge in [0.05, 0.1) is 7.11 Å². The van der Waals surface area contributed by atoms with Crippen LogP contribution in [0.3, 0.4) is 0 Å². The first-order chi connectivity index (χ1) is 5.09. The van der Waals surface area contributed by atoms with E-state index in [4.69, 9.17) is 4.74 Å². The molecule has 0 radical (unpaired) electrons. The zero-order valence-corrected chi connectivity index (χ0v) is 9.17. The fraction of sp³-hybridized carbons (Fsp3) is 0.444. The van der Waals surface area contributed by atoms with Crippen molar-refractivity contribution in [2.24, 2.45) is 0 Å². The van der Waals surface area contributed by atoms with Crippen LogP contribution >= 0.6 is 0 Å². The SMILES string of the molecule is C=C(OC)C(C)=C(C)C.[CH2]=[V]. The Kier molecular flexibility index (Phi) is 9.50. The monoisotopic (exact) mass is 191 g/mol. The molecule has 0 heterocycles. The standard InChI is InChI=1S/C8H14O.CH2.V/c1-6(2)7(3)8(4)9-5;;/h4H2,1-3,5H3;1H2;. The number of allylic oxidation sites excluding steroid dienone is 2. The molecule has 0 aliphatic carbocycles. The Hall–Kier alpha value is -0.266. The van der Waals surface area contributed by atoms with E-state index in [0.29, 0.717) is 0 Å². The van der Waals surface area contributed by atoms with Gasteiger partial charge in [0.25, 0.3) is 0 Å². The third-order valence-electron chi connectivity index (χ3n) is 1.41. The van der Waals surface area contributed by atoms with E-state index in [1.165, 1.54) is 5.57 Å². The van der Waals surface area contributed by atoms with E-state index in [1.807, 2.05) is 20.8 Å². The van der Waals surface area contributed by atoms with Crippen molar-refractivity contribution in [2.45, 2.75) is 20.8 Å². The Morgan fingerprint density at radius 2 is 1.55 bits per heavy atom. The van der Waals surface area contributed by atoms with Crippen LogP contribution in [0.4, 0.5) is 0 Å². The van der Waals surface area contributed by atoms with Crippen LogP contribution in [0.25, 0.3) is 0 Å². The fourth-order valence-corrected chi connectivity index (χ4v) is 0.432. The van der Waals surface area contributed by atoms with E-state index in [9.17, 15) is 0 Å². The van der Waals surface area contributed by atoms with Gasteiger partial charge in [-0.25, -0.2) is 0 Å². The molecule has 11 heavy (non-hydrogen) atoms. The van der Waals surface area contributed by atoms with Gasteiger partial charge in [0.15, 0.2) is 0 Å². The van der Waals surface area contributed by atoms with Crippen molar-refractivity contribution in [1.29, 1.82) is 0 Å². The minimum absolute atomic E-state index is 0.759. The molecule has 0 saturated carbocycles. The topological polar surface area (TPSA) is 9.23 Å². The molecule has 0 saturated heterocycles. The molecule has 0 aromatic carbocycles. The van der Waals surface area contributed by atoms with Crippen LogP contribution in [0.1, 0.15) is 20.8 Å². The molecule has 2 heteroatoms. The Labute approximate surface area is 78.6 Å². The number of rotatable bonds is 2. The van der Waals surface area contributed by atoms with Crippen LogP contribution in [0.2, 0.25) is 0 Å². The third-order valence-corrected chi connectivity index (χ3v) is 1.41. The van der Waals surface area contributed by atoms with Crippen LogP contribution in [-0.4, -0.2) is 12.3 Å². The number of methoxy groups -OCH3 is 1. The van der Waals surface area contributed by atoms with Gasteiger partial charge in [-0.05, 0) is 26.3 Å². The predicted molar refractivity (Wildman–Crippen MR) is 47.3 cm³/mol. The van der Waals surface area contributed by atoms with Crippen molar-refractivity contribution in [2.75, 3.05) is 7.11 Å². The van der Waals surface area contributed by atoms with Gasteiger partial charge in [-0.3, -0.25) is 0 Å². The van der Waals surface area contributed by atoms with Crippen molar-refractivity contribution < 1.29 is 21.7 Å². The van der Waals surface area contributed by atoms with E-state index in [2.05, 4.69) is 28.8 Å². The molecule has 0 spiro atoms. The summed E-state index contributed by atoms with van der Waals surface area (Å²) in [4.78, 5) is 0. The molecule has 0 unspecified atom stereocenters. The van der Waals surface area contributed by atoms with Crippen molar-refractivity contribution in [3.63, 3.8) is 0 Å². The van der Waals surface area contributed by atoms with Crippen molar-refractivity contribution >= 4 is 5.23 Å². The van der Waals surface area contributed by atoms with Gasteiger partial charge in [0.2, 0.25) is 0 Å². The first-order valence-electron chi connectivity index (χ1n) is 3.28. The van der Waals surface area contributed by atoms with Crippen LogP contribution in [0, 0.1) is 0 Å². The van der Waals surface area contributed by atoms with Crippen LogP contribution in [-0.2, 0) is 21.7 Å². The van der Waals surface area contributed by atoms with Gasteiger partial charge in [0, 0.05) is 0 Å². The summed E-state index contributed by atoms with van der Waals surface area (Å²) >= 11 is 2.06. The Balaban J connectivity index is 0. The summed E-state index contributed by atoms with van der Waals surface area (Å²) in [5.41, 5.74) is 2.39. The zero-order valence-electron chi connectivity index (χ0n) is 7.77. The average Bonchev–Trinajstić information content (AvgIpc) is 2.05. The van der Waals surface area contributed by atoms with Gasteiger partial charge in [0.1, 0.15) is 5.76 Å². The molecule has 0 bridgehead atoms. The summed E-state index contributed by atoms with van der Waals surface area (Å²) in [6.07, 6.45) is 0. The Bertz CT molecular complexity index is 155. The zero-order chi connectivity index (χ0) is 9.44. The minimum atomic E-state index is 0.759. The summed E-state index contributed by atoms with van der Waals surface area (Å²) in [6, 6.07) is 0. The summed E-state index contributed by atoms with van der Waals surface area (Å²) in [5.74, 6) is 0.759. The van der Waals surface area contributed by atoms with E-state index < -0.39 is 0 Å². The Morgan fingerprint density at radius 3 is 1.64 bits per heavy atom. The summed E-state index contributed by atoms with van der Waals surface area (Å²) in [5, 5.41) is 3.19. The molecular formula is C9H16OV. The second kappa shape index (κ2) is 7.84. The predicted octanol–water partition coefficient (Wildman–Crippen LogP) is 2.47. The van der Waals surface area contributed by atoms with E-state index in [-0.39, 0.29) is 0 Å². The summed E-state index contributed by atoms with van der Waals surface area (Å²) in [6.45, 7) is 9.80. The van der Waals surface area contributed by atoms with E-state index in [1.54, 1.807) is 7.11 Å². The quantitative estimate of drug-likeness (QED) is 0.481. The molecule has 0 fully saturated rings. The molecule has 0 atom stereocenters. The normalized spacial score (nSPS) is 7.18. The van der Waals surface area contributed by atoms with E-state index in [0.717, 1.165) is 11.3 Å². The number of ether oxygens (including phenoxy) is 1. The molecule has 0 rings (SSSR count). The molecule has 1 nitrogen and oxygen atoms in total. The van der Waals surface area contributed by atoms with Gasteiger partial charge >= 0.3 is 22.2 Å². The molecule has 0 aliphatic rings. The molecule has 0 amide bonds.